The standard InChI is InChI=1S/C17H15NO4/c1-22-17(21)9-4-6-12(7-5-9)18-15(19)13-10-2-3-11(8-10)14(13)16(18)20/h2-7,10-11,13-14H,8H2,1H3/t10-,11+,13-,14-/m0/s1. The largest absolute Gasteiger partial charge is 0.465 e. The van der Waals surface area contributed by atoms with Crippen LogP contribution in [-0.2, 0) is 14.3 Å². The number of carbonyl (C=O) groups excluding carboxylic acids is 3. The molecule has 0 unspecified atom stereocenters. The predicted molar refractivity (Wildman–Crippen MR) is 78.0 cm³/mol. The molecule has 1 aliphatic heterocycles. The molecule has 3 aliphatic rings. The number of carbonyl (C=O) groups is 3. The van der Waals surface area contributed by atoms with Gasteiger partial charge in [-0.05, 0) is 42.5 Å². The Morgan fingerprint density at radius 1 is 1.05 bits per heavy atom. The average molecular weight is 297 g/mol. The second-order valence-electron chi connectivity index (χ2n) is 6.05. The van der Waals surface area contributed by atoms with E-state index >= 15 is 0 Å². The van der Waals surface area contributed by atoms with Gasteiger partial charge in [0, 0.05) is 0 Å². The van der Waals surface area contributed by atoms with E-state index in [2.05, 4.69) is 16.9 Å². The van der Waals surface area contributed by atoms with E-state index in [4.69, 9.17) is 0 Å². The summed E-state index contributed by atoms with van der Waals surface area (Å²) in [7, 11) is 1.31. The number of amides is 2. The van der Waals surface area contributed by atoms with Crippen molar-refractivity contribution in [1.82, 2.24) is 0 Å². The molecule has 5 nitrogen and oxygen atoms in total. The van der Waals surface area contributed by atoms with Crippen LogP contribution in [0.15, 0.2) is 36.4 Å². The van der Waals surface area contributed by atoms with Gasteiger partial charge in [-0.15, -0.1) is 0 Å². The van der Waals surface area contributed by atoms with Crippen LogP contribution in [0.25, 0.3) is 0 Å². The Balaban J connectivity index is 1.65. The van der Waals surface area contributed by atoms with E-state index in [1.807, 2.05) is 0 Å². The predicted octanol–water partition coefficient (Wildman–Crippen LogP) is 1.78. The number of fused-ring (bicyclic) bond motifs is 5. The van der Waals surface area contributed by atoms with Crippen LogP contribution >= 0.6 is 0 Å². The number of hydrogen-bond acceptors (Lipinski definition) is 4. The van der Waals surface area contributed by atoms with Crippen molar-refractivity contribution in [3.05, 3.63) is 42.0 Å². The fraction of sp³-hybridized carbons (Fsp3) is 0.353. The minimum atomic E-state index is -0.440. The molecule has 1 saturated carbocycles. The Morgan fingerprint density at radius 2 is 1.59 bits per heavy atom. The Morgan fingerprint density at radius 3 is 2.09 bits per heavy atom. The first kappa shape index (κ1) is 13.2. The Bertz CT molecular complexity index is 676. The zero-order chi connectivity index (χ0) is 15.4. The summed E-state index contributed by atoms with van der Waals surface area (Å²) in [5.41, 5.74) is 0.920. The summed E-state index contributed by atoms with van der Waals surface area (Å²) >= 11 is 0. The fourth-order valence-electron chi connectivity index (χ4n) is 4.02. The highest BCUT2D eigenvalue weighted by Gasteiger charge is 2.59. The van der Waals surface area contributed by atoms with Gasteiger partial charge in [-0.1, -0.05) is 12.2 Å². The van der Waals surface area contributed by atoms with E-state index in [-0.39, 0.29) is 35.5 Å². The van der Waals surface area contributed by atoms with Crippen molar-refractivity contribution in [1.29, 1.82) is 0 Å². The number of hydrogen-bond donors (Lipinski definition) is 0. The maximum atomic E-state index is 12.6. The molecule has 2 fully saturated rings. The summed E-state index contributed by atoms with van der Waals surface area (Å²) in [6.07, 6.45) is 5.06. The molecular formula is C17H15NO4. The van der Waals surface area contributed by atoms with Gasteiger partial charge in [0.15, 0.2) is 0 Å². The van der Waals surface area contributed by atoms with Crippen molar-refractivity contribution in [2.45, 2.75) is 6.42 Å². The molecule has 0 radical (unpaired) electrons. The Hall–Kier alpha value is -2.43. The highest BCUT2D eigenvalue weighted by atomic mass is 16.5. The molecule has 5 heteroatoms. The van der Waals surface area contributed by atoms with Gasteiger partial charge < -0.3 is 4.74 Å². The number of benzene rings is 1. The van der Waals surface area contributed by atoms with E-state index in [0.717, 1.165) is 6.42 Å². The van der Waals surface area contributed by atoms with Crippen LogP contribution in [0.1, 0.15) is 16.8 Å². The van der Waals surface area contributed by atoms with Crippen LogP contribution in [0.2, 0.25) is 0 Å². The maximum Gasteiger partial charge on any atom is 0.337 e. The molecule has 1 saturated heterocycles. The van der Waals surface area contributed by atoms with Crippen molar-refractivity contribution in [3.63, 3.8) is 0 Å². The van der Waals surface area contributed by atoms with Crippen LogP contribution in [0.4, 0.5) is 5.69 Å². The number of rotatable bonds is 2. The molecule has 1 aromatic rings. The molecule has 0 spiro atoms. The van der Waals surface area contributed by atoms with Crippen molar-refractivity contribution >= 4 is 23.5 Å². The minimum Gasteiger partial charge on any atom is -0.465 e. The fourth-order valence-corrected chi connectivity index (χ4v) is 4.02. The van der Waals surface area contributed by atoms with E-state index in [1.165, 1.54) is 12.0 Å². The quantitative estimate of drug-likeness (QED) is 0.474. The zero-order valence-electron chi connectivity index (χ0n) is 12.1. The molecule has 1 aromatic carbocycles. The number of anilines is 1. The summed E-state index contributed by atoms with van der Waals surface area (Å²) in [6.45, 7) is 0. The van der Waals surface area contributed by atoms with Crippen LogP contribution in [0.3, 0.4) is 0 Å². The second kappa shape index (κ2) is 4.53. The van der Waals surface area contributed by atoms with Crippen molar-refractivity contribution in [3.8, 4) is 0 Å². The topological polar surface area (TPSA) is 63.7 Å². The number of esters is 1. The summed E-state index contributed by atoms with van der Waals surface area (Å²) in [5, 5.41) is 0. The molecular weight excluding hydrogens is 282 g/mol. The zero-order valence-corrected chi connectivity index (χ0v) is 12.1. The van der Waals surface area contributed by atoms with Gasteiger partial charge in [-0.3, -0.25) is 14.5 Å². The molecule has 4 atom stereocenters. The number of nitrogens with zero attached hydrogens (tertiary/aromatic N) is 1. The number of methoxy groups -OCH3 is 1. The first-order valence-corrected chi connectivity index (χ1v) is 7.36. The average Bonchev–Trinajstić information content (AvgIpc) is 3.21. The lowest BCUT2D eigenvalue weighted by atomic mass is 9.85. The van der Waals surface area contributed by atoms with Gasteiger partial charge in [-0.2, -0.15) is 0 Å². The third kappa shape index (κ3) is 1.62. The van der Waals surface area contributed by atoms with Gasteiger partial charge in [0.1, 0.15) is 0 Å². The maximum absolute atomic E-state index is 12.6. The van der Waals surface area contributed by atoms with E-state index in [1.54, 1.807) is 24.3 Å². The third-order valence-corrected chi connectivity index (χ3v) is 5.02. The van der Waals surface area contributed by atoms with Gasteiger partial charge in [0.05, 0.1) is 30.2 Å². The molecule has 0 aromatic heterocycles. The lowest BCUT2D eigenvalue weighted by Gasteiger charge is -2.17. The lowest BCUT2D eigenvalue weighted by molar-refractivity contribution is -0.123. The molecule has 0 N–H and O–H groups in total. The molecule has 2 aliphatic carbocycles. The normalized spacial score (nSPS) is 31.8. The van der Waals surface area contributed by atoms with Gasteiger partial charge in [-0.25, -0.2) is 4.79 Å². The van der Waals surface area contributed by atoms with Gasteiger partial charge >= 0.3 is 5.97 Å². The molecule has 112 valence electrons. The second-order valence-corrected chi connectivity index (χ2v) is 6.05. The molecule has 4 rings (SSSR count). The monoisotopic (exact) mass is 297 g/mol. The number of ether oxygens (including phenoxy) is 1. The SMILES string of the molecule is COC(=O)c1ccc(N2C(=O)[C@@H]3[C@@H](C2=O)[C@H]2C=C[C@@H]3C2)cc1. The van der Waals surface area contributed by atoms with Crippen LogP contribution in [-0.4, -0.2) is 24.9 Å². The summed E-state index contributed by atoms with van der Waals surface area (Å²) < 4.78 is 4.65. The van der Waals surface area contributed by atoms with Gasteiger partial charge in [0.2, 0.25) is 11.8 Å². The number of imide groups is 1. The molecule has 2 amide bonds. The van der Waals surface area contributed by atoms with E-state index in [9.17, 15) is 14.4 Å². The van der Waals surface area contributed by atoms with Gasteiger partial charge in [0.25, 0.3) is 0 Å². The number of allylic oxidation sites excluding steroid dienone is 2. The highest BCUT2D eigenvalue weighted by molar-refractivity contribution is 6.22. The first-order chi connectivity index (χ1) is 10.6. The van der Waals surface area contributed by atoms with Crippen molar-refractivity contribution in [2.75, 3.05) is 12.0 Å². The molecule has 1 heterocycles. The molecule has 2 bridgehead atoms. The van der Waals surface area contributed by atoms with Crippen LogP contribution in [0, 0.1) is 23.7 Å². The Labute approximate surface area is 127 Å². The van der Waals surface area contributed by atoms with Crippen molar-refractivity contribution < 1.29 is 19.1 Å². The summed E-state index contributed by atoms with van der Waals surface area (Å²) in [6, 6.07) is 6.39. The third-order valence-electron chi connectivity index (χ3n) is 5.02. The van der Waals surface area contributed by atoms with E-state index < -0.39 is 5.97 Å². The van der Waals surface area contributed by atoms with E-state index in [0.29, 0.717) is 11.3 Å². The lowest BCUT2D eigenvalue weighted by Crippen LogP contribution is -2.32. The minimum absolute atomic E-state index is 0.113. The molecule has 22 heavy (non-hydrogen) atoms. The summed E-state index contributed by atoms with van der Waals surface area (Å²) in [5.74, 6) is -0.678. The highest BCUT2D eigenvalue weighted by Crippen LogP contribution is 2.53. The van der Waals surface area contributed by atoms with Crippen LogP contribution in [0.5, 0.6) is 0 Å². The first-order valence-electron chi connectivity index (χ1n) is 7.36. The summed E-state index contributed by atoms with van der Waals surface area (Å²) in [4.78, 5) is 38.0. The van der Waals surface area contributed by atoms with Crippen molar-refractivity contribution in [2.24, 2.45) is 23.7 Å². The Kier molecular flexibility index (Phi) is 2.73. The van der Waals surface area contributed by atoms with Crippen LogP contribution < -0.4 is 4.90 Å². The smallest absolute Gasteiger partial charge is 0.337 e.